The maximum Gasteiger partial charge on any atom is 0.126 e. The Labute approximate surface area is 144 Å². The van der Waals surface area contributed by atoms with Crippen LogP contribution in [0.2, 0.25) is 0 Å². The van der Waals surface area contributed by atoms with E-state index in [2.05, 4.69) is 35.6 Å². The SMILES string of the molecule is COc1cc2c(c(OC)c1)CCC(CN)(NCc1ccccc1)C2. The Kier molecular flexibility index (Phi) is 5.07. The van der Waals surface area contributed by atoms with Crippen LogP contribution in [0.1, 0.15) is 23.1 Å². The monoisotopic (exact) mass is 326 g/mol. The van der Waals surface area contributed by atoms with Crippen LogP contribution >= 0.6 is 0 Å². The first-order valence-corrected chi connectivity index (χ1v) is 8.42. The molecule has 0 radical (unpaired) electrons. The van der Waals surface area contributed by atoms with Crippen molar-refractivity contribution < 1.29 is 9.47 Å². The zero-order valence-corrected chi connectivity index (χ0v) is 14.5. The molecule has 0 bridgehead atoms. The molecular formula is C20H26N2O2. The summed E-state index contributed by atoms with van der Waals surface area (Å²) in [6, 6.07) is 14.5. The van der Waals surface area contributed by atoms with Crippen molar-refractivity contribution in [1.82, 2.24) is 5.32 Å². The number of nitrogens with two attached hydrogens (primary N) is 1. The fourth-order valence-corrected chi connectivity index (χ4v) is 3.52. The van der Waals surface area contributed by atoms with Crippen molar-refractivity contribution >= 4 is 0 Å². The summed E-state index contributed by atoms with van der Waals surface area (Å²) in [4.78, 5) is 0. The van der Waals surface area contributed by atoms with Crippen LogP contribution in [0.3, 0.4) is 0 Å². The quantitative estimate of drug-likeness (QED) is 0.857. The minimum absolute atomic E-state index is 0.0831. The van der Waals surface area contributed by atoms with E-state index in [0.29, 0.717) is 6.54 Å². The van der Waals surface area contributed by atoms with Crippen molar-refractivity contribution in [2.75, 3.05) is 20.8 Å². The van der Waals surface area contributed by atoms with Crippen molar-refractivity contribution in [3.8, 4) is 11.5 Å². The van der Waals surface area contributed by atoms with Crippen molar-refractivity contribution in [3.05, 3.63) is 59.2 Å². The van der Waals surface area contributed by atoms with E-state index >= 15 is 0 Å². The maximum atomic E-state index is 6.18. The molecule has 2 aromatic carbocycles. The molecule has 4 heteroatoms. The van der Waals surface area contributed by atoms with E-state index in [1.807, 2.05) is 12.1 Å². The number of hydrogen-bond donors (Lipinski definition) is 2. The third-order valence-electron chi connectivity index (χ3n) is 5.01. The highest BCUT2D eigenvalue weighted by molar-refractivity contribution is 5.49. The van der Waals surface area contributed by atoms with Crippen molar-refractivity contribution in [2.24, 2.45) is 5.73 Å². The van der Waals surface area contributed by atoms with E-state index in [1.54, 1.807) is 14.2 Å². The highest BCUT2D eigenvalue weighted by atomic mass is 16.5. The number of fused-ring (bicyclic) bond motifs is 1. The van der Waals surface area contributed by atoms with Crippen LogP contribution in [-0.4, -0.2) is 26.3 Å². The average Bonchev–Trinajstić information content (AvgIpc) is 2.66. The molecule has 2 aromatic rings. The van der Waals surface area contributed by atoms with Crippen molar-refractivity contribution in [1.29, 1.82) is 0 Å². The Morgan fingerprint density at radius 2 is 1.92 bits per heavy atom. The van der Waals surface area contributed by atoms with Gasteiger partial charge in [-0.05, 0) is 42.0 Å². The molecule has 0 aromatic heterocycles. The lowest BCUT2D eigenvalue weighted by Gasteiger charge is -2.39. The zero-order chi connectivity index (χ0) is 17.0. The predicted molar refractivity (Wildman–Crippen MR) is 96.6 cm³/mol. The van der Waals surface area contributed by atoms with Crippen LogP contribution in [0.4, 0.5) is 0 Å². The number of ether oxygens (including phenoxy) is 2. The summed E-state index contributed by atoms with van der Waals surface area (Å²) in [6.07, 6.45) is 2.85. The molecule has 0 saturated heterocycles. The lowest BCUT2D eigenvalue weighted by atomic mass is 9.77. The average molecular weight is 326 g/mol. The van der Waals surface area contributed by atoms with E-state index in [1.165, 1.54) is 16.7 Å². The smallest absolute Gasteiger partial charge is 0.126 e. The lowest BCUT2D eigenvalue weighted by molar-refractivity contribution is 0.286. The number of rotatable bonds is 6. The Balaban J connectivity index is 1.82. The zero-order valence-electron chi connectivity index (χ0n) is 14.5. The van der Waals surface area contributed by atoms with Gasteiger partial charge in [0.25, 0.3) is 0 Å². The molecule has 4 nitrogen and oxygen atoms in total. The fourth-order valence-electron chi connectivity index (χ4n) is 3.52. The molecule has 1 aliphatic carbocycles. The second-order valence-electron chi connectivity index (χ2n) is 6.47. The summed E-state index contributed by atoms with van der Waals surface area (Å²) in [7, 11) is 3.40. The molecule has 1 aliphatic rings. The topological polar surface area (TPSA) is 56.5 Å². The van der Waals surface area contributed by atoms with Crippen LogP contribution in [0.25, 0.3) is 0 Å². The predicted octanol–water partition coefficient (Wildman–Crippen LogP) is 2.68. The van der Waals surface area contributed by atoms with Gasteiger partial charge in [-0.2, -0.15) is 0 Å². The fraction of sp³-hybridized carbons (Fsp3) is 0.400. The first-order chi connectivity index (χ1) is 11.7. The van der Waals surface area contributed by atoms with Crippen molar-refractivity contribution in [2.45, 2.75) is 31.3 Å². The second-order valence-corrected chi connectivity index (χ2v) is 6.47. The normalized spacial score (nSPS) is 19.6. The van der Waals surface area contributed by atoms with Gasteiger partial charge in [-0.3, -0.25) is 0 Å². The molecular weight excluding hydrogens is 300 g/mol. The largest absolute Gasteiger partial charge is 0.497 e. The first kappa shape index (κ1) is 16.8. The third kappa shape index (κ3) is 3.40. The van der Waals surface area contributed by atoms with E-state index in [9.17, 15) is 0 Å². The van der Waals surface area contributed by atoms with Gasteiger partial charge in [0, 0.05) is 24.7 Å². The van der Waals surface area contributed by atoms with E-state index in [4.69, 9.17) is 15.2 Å². The molecule has 0 amide bonds. The highest BCUT2D eigenvalue weighted by Gasteiger charge is 2.34. The molecule has 0 spiro atoms. The Hall–Kier alpha value is -2.04. The Morgan fingerprint density at radius 1 is 1.12 bits per heavy atom. The van der Waals surface area contributed by atoms with Gasteiger partial charge < -0.3 is 20.5 Å². The maximum absolute atomic E-state index is 6.18. The van der Waals surface area contributed by atoms with E-state index < -0.39 is 0 Å². The van der Waals surface area contributed by atoms with E-state index in [-0.39, 0.29) is 5.54 Å². The number of methoxy groups -OCH3 is 2. The molecule has 0 fully saturated rings. The molecule has 0 saturated carbocycles. The van der Waals surface area contributed by atoms with Crippen LogP contribution in [-0.2, 0) is 19.4 Å². The molecule has 0 heterocycles. The molecule has 0 aliphatic heterocycles. The van der Waals surface area contributed by atoms with Gasteiger partial charge in [-0.1, -0.05) is 30.3 Å². The Morgan fingerprint density at radius 3 is 2.58 bits per heavy atom. The van der Waals surface area contributed by atoms with Gasteiger partial charge in [0.05, 0.1) is 14.2 Å². The molecule has 3 N–H and O–H groups in total. The van der Waals surface area contributed by atoms with Crippen LogP contribution in [0.5, 0.6) is 11.5 Å². The molecule has 1 atom stereocenters. The third-order valence-corrected chi connectivity index (χ3v) is 5.01. The summed E-state index contributed by atoms with van der Waals surface area (Å²) in [5, 5.41) is 3.71. The van der Waals surface area contributed by atoms with Crippen LogP contribution in [0, 0.1) is 0 Å². The summed E-state index contributed by atoms with van der Waals surface area (Å²) in [5.41, 5.74) is 9.92. The summed E-state index contributed by atoms with van der Waals surface area (Å²) in [6.45, 7) is 1.44. The van der Waals surface area contributed by atoms with Gasteiger partial charge in [-0.15, -0.1) is 0 Å². The summed E-state index contributed by atoms with van der Waals surface area (Å²) in [5.74, 6) is 1.75. The number of benzene rings is 2. The molecule has 1 unspecified atom stereocenters. The summed E-state index contributed by atoms with van der Waals surface area (Å²) < 4.78 is 11.0. The van der Waals surface area contributed by atoms with Crippen LogP contribution in [0.15, 0.2) is 42.5 Å². The van der Waals surface area contributed by atoms with Gasteiger partial charge in [0.1, 0.15) is 11.5 Å². The molecule has 24 heavy (non-hydrogen) atoms. The molecule has 128 valence electrons. The minimum atomic E-state index is -0.0831. The Bertz CT molecular complexity index is 688. The van der Waals surface area contributed by atoms with E-state index in [0.717, 1.165) is 37.3 Å². The number of nitrogens with one attached hydrogen (secondary N) is 1. The van der Waals surface area contributed by atoms with Crippen molar-refractivity contribution in [3.63, 3.8) is 0 Å². The first-order valence-electron chi connectivity index (χ1n) is 8.42. The number of hydrogen-bond acceptors (Lipinski definition) is 4. The van der Waals surface area contributed by atoms with Gasteiger partial charge in [-0.25, -0.2) is 0 Å². The summed E-state index contributed by atoms with van der Waals surface area (Å²) >= 11 is 0. The minimum Gasteiger partial charge on any atom is -0.497 e. The van der Waals surface area contributed by atoms with Gasteiger partial charge in [0.15, 0.2) is 0 Å². The van der Waals surface area contributed by atoms with Gasteiger partial charge >= 0.3 is 0 Å². The highest BCUT2D eigenvalue weighted by Crippen LogP contribution is 2.37. The molecule has 3 rings (SSSR count). The lowest BCUT2D eigenvalue weighted by Crippen LogP contribution is -2.54. The standard InChI is InChI=1S/C20H26N2O2/c1-23-17-10-16-12-20(14-21,9-8-18(16)19(11-17)24-2)22-13-15-6-4-3-5-7-15/h3-7,10-11,22H,8-9,12-14,21H2,1-2H3. The van der Waals surface area contributed by atoms with Crippen LogP contribution < -0.4 is 20.5 Å². The van der Waals surface area contributed by atoms with Gasteiger partial charge in [0.2, 0.25) is 0 Å². The second kappa shape index (κ2) is 7.24.